The molecule has 1 N–H and O–H groups in total. The summed E-state index contributed by atoms with van der Waals surface area (Å²) >= 11 is 0. The second-order valence-corrected chi connectivity index (χ2v) is 4.91. The van der Waals surface area contributed by atoms with E-state index in [0.29, 0.717) is 0 Å². The predicted octanol–water partition coefficient (Wildman–Crippen LogP) is 3.16. The van der Waals surface area contributed by atoms with E-state index in [1.807, 2.05) is 6.07 Å². The lowest BCUT2D eigenvalue weighted by Crippen LogP contribution is -2.24. The van der Waals surface area contributed by atoms with Crippen molar-refractivity contribution in [1.82, 2.24) is 5.32 Å². The molecule has 0 saturated heterocycles. The van der Waals surface area contributed by atoms with Crippen molar-refractivity contribution in [3.05, 3.63) is 29.8 Å². The second-order valence-electron chi connectivity index (χ2n) is 4.91. The number of hydrogen-bond acceptors (Lipinski definition) is 2. The van der Waals surface area contributed by atoms with Crippen LogP contribution in [-0.4, -0.2) is 18.7 Å². The molecule has 1 aromatic carbocycles. The number of hydrogen-bond donors (Lipinski definition) is 1. The third kappa shape index (κ3) is 4.04. The van der Waals surface area contributed by atoms with Gasteiger partial charge in [-0.25, -0.2) is 0 Å². The number of benzene rings is 1. The average Bonchev–Trinajstić information content (AvgIpc) is 3.14. The number of nitrogens with one attached hydrogen (secondary N) is 1. The van der Waals surface area contributed by atoms with Crippen molar-refractivity contribution < 1.29 is 4.74 Å². The molecule has 1 aliphatic carbocycles. The van der Waals surface area contributed by atoms with Crippen molar-refractivity contribution in [2.24, 2.45) is 0 Å². The zero-order chi connectivity index (χ0) is 12.1. The zero-order valence-corrected chi connectivity index (χ0v) is 10.9. The molecular weight excluding hydrogens is 210 g/mol. The molecule has 17 heavy (non-hydrogen) atoms. The summed E-state index contributed by atoms with van der Waals surface area (Å²) in [6.07, 6.45) is 5.11. The van der Waals surface area contributed by atoms with Crippen LogP contribution in [0.3, 0.4) is 0 Å². The van der Waals surface area contributed by atoms with Crippen molar-refractivity contribution in [2.75, 3.05) is 6.54 Å². The summed E-state index contributed by atoms with van der Waals surface area (Å²) < 4.78 is 6.00. The van der Waals surface area contributed by atoms with E-state index in [-0.39, 0.29) is 6.10 Å². The molecule has 1 unspecified atom stereocenters. The summed E-state index contributed by atoms with van der Waals surface area (Å²) in [4.78, 5) is 0. The SMILES string of the molecule is CCc1ccccc1OC(C)CCNC1CC1. The molecule has 1 aromatic rings. The molecule has 1 atom stereocenters. The standard InChI is InChI=1S/C15H23NO/c1-3-13-6-4-5-7-15(13)17-12(2)10-11-16-14-8-9-14/h4-7,12,14,16H,3,8-11H2,1-2H3. The van der Waals surface area contributed by atoms with E-state index in [0.717, 1.165) is 31.2 Å². The smallest absolute Gasteiger partial charge is 0.122 e. The fourth-order valence-electron chi connectivity index (χ4n) is 1.96. The van der Waals surface area contributed by atoms with Crippen LogP contribution in [0.4, 0.5) is 0 Å². The van der Waals surface area contributed by atoms with Gasteiger partial charge in [0.05, 0.1) is 6.10 Å². The van der Waals surface area contributed by atoms with Crippen molar-refractivity contribution in [3.63, 3.8) is 0 Å². The van der Waals surface area contributed by atoms with Crippen molar-refractivity contribution in [3.8, 4) is 5.75 Å². The van der Waals surface area contributed by atoms with Gasteiger partial charge < -0.3 is 10.1 Å². The first-order chi connectivity index (χ1) is 8.29. The molecule has 94 valence electrons. The first-order valence-electron chi connectivity index (χ1n) is 6.77. The van der Waals surface area contributed by atoms with Crippen LogP contribution < -0.4 is 10.1 Å². The van der Waals surface area contributed by atoms with Crippen molar-refractivity contribution in [2.45, 2.75) is 51.7 Å². The number of aryl methyl sites for hydroxylation is 1. The van der Waals surface area contributed by atoms with Gasteiger partial charge in [-0.3, -0.25) is 0 Å². The minimum Gasteiger partial charge on any atom is -0.490 e. The first kappa shape index (κ1) is 12.4. The maximum atomic E-state index is 6.00. The molecule has 0 heterocycles. The van der Waals surface area contributed by atoms with Crippen LogP contribution >= 0.6 is 0 Å². The van der Waals surface area contributed by atoms with Crippen LogP contribution in [0.15, 0.2) is 24.3 Å². The van der Waals surface area contributed by atoms with Gasteiger partial charge in [-0.2, -0.15) is 0 Å². The Bertz CT molecular complexity index is 347. The van der Waals surface area contributed by atoms with E-state index in [2.05, 4.69) is 37.4 Å². The lowest BCUT2D eigenvalue weighted by molar-refractivity contribution is 0.208. The largest absolute Gasteiger partial charge is 0.490 e. The highest BCUT2D eigenvalue weighted by molar-refractivity contribution is 5.33. The molecule has 1 saturated carbocycles. The monoisotopic (exact) mass is 233 g/mol. The van der Waals surface area contributed by atoms with E-state index in [1.54, 1.807) is 0 Å². The highest BCUT2D eigenvalue weighted by Gasteiger charge is 2.20. The van der Waals surface area contributed by atoms with Gasteiger partial charge in [-0.15, -0.1) is 0 Å². The van der Waals surface area contributed by atoms with E-state index in [9.17, 15) is 0 Å². The molecular formula is C15H23NO. The molecule has 2 nitrogen and oxygen atoms in total. The van der Waals surface area contributed by atoms with Crippen LogP contribution in [0.5, 0.6) is 5.75 Å². The Morgan fingerprint density at radius 2 is 2.12 bits per heavy atom. The predicted molar refractivity (Wildman–Crippen MR) is 71.6 cm³/mol. The van der Waals surface area contributed by atoms with Crippen LogP contribution in [0.1, 0.15) is 38.7 Å². The Hall–Kier alpha value is -1.02. The van der Waals surface area contributed by atoms with E-state index < -0.39 is 0 Å². The summed E-state index contributed by atoms with van der Waals surface area (Å²) in [5.74, 6) is 1.05. The summed E-state index contributed by atoms with van der Waals surface area (Å²) in [6.45, 7) is 5.39. The van der Waals surface area contributed by atoms with E-state index >= 15 is 0 Å². The molecule has 0 amide bonds. The minimum atomic E-state index is 0.286. The van der Waals surface area contributed by atoms with Gasteiger partial charge >= 0.3 is 0 Å². The topological polar surface area (TPSA) is 21.3 Å². The van der Waals surface area contributed by atoms with E-state index in [4.69, 9.17) is 4.74 Å². The summed E-state index contributed by atoms with van der Waals surface area (Å²) in [6, 6.07) is 9.13. The van der Waals surface area contributed by atoms with Gasteiger partial charge in [0.1, 0.15) is 5.75 Å². The lowest BCUT2D eigenvalue weighted by atomic mass is 10.1. The maximum Gasteiger partial charge on any atom is 0.122 e. The highest BCUT2D eigenvalue weighted by atomic mass is 16.5. The van der Waals surface area contributed by atoms with Crippen LogP contribution in [0.25, 0.3) is 0 Å². The molecule has 2 heteroatoms. The van der Waals surface area contributed by atoms with Crippen molar-refractivity contribution >= 4 is 0 Å². The molecule has 0 aliphatic heterocycles. The van der Waals surface area contributed by atoms with E-state index in [1.165, 1.54) is 18.4 Å². The Labute approximate surface area is 104 Å². The third-order valence-electron chi connectivity index (χ3n) is 3.24. The first-order valence-corrected chi connectivity index (χ1v) is 6.77. The fraction of sp³-hybridized carbons (Fsp3) is 0.600. The zero-order valence-electron chi connectivity index (χ0n) is 10.9. The Kier molecular flexibility index (Phi) is 4.43. The van der Waals surface area contributed by atoms with Crippen molar-refractivity contribution in [1.29, 1.82) is 0 Å². The molecule has 2 rings (SSSR count). The van der Waals surface area contributed by atoms with Gasteiger partial charge in [0.25, 0.3) is 0 Å². The van der Waals surface area contributed by atoms with Crippen LogP contribution in [0, 0.1) is 0 Å². The molecule has 0 spiro atoms. The average molecular weight is 233 g/mol. The quantitative estimate of drug-likeness (QED) is 0.781. The minimum absolute atomic E-state index is 0.286. The summed E-state index contributed by atoms with van der Waals surface area (Å²) in [5.41, 5.74) is 1.30. The Morgan fingerprint density at radius 1 is 1.35 bits per heavy atom. The van der Waals surface area contributed by atoms with Gasteiger partial charge in [0.2, 0.25) is 0 Å². The fourth-order valence-corrected chi connectivity index (χ4v) is 1.96. The maximum absolute atomic E-state index is 6.00. The second kappa shape index (κ2) is 6.06. The lowest BCUT2D eigenvalue weighted by Gasteiger charge is -2.17. The van der Waals surface area contributed by atoms with Gasteiger partial charge in [-0.05, 0) is 50.8 Å². The normalized spacial score (nSPS) is 16.8. The number of rotatable bonds is 7. The number of para-hydroxylation sites is 1. The molecule has 1 fully saturated rings. The van der Waals surface area contributed by atoms with Crippen LogP contribution in [0.2, 0.25) is 0 Å². The summed E-state index contributed by atoms with van der Waals surface area (Å²) in [7, 11) is 0. The number of ether oxygens (including phenoxy) is 1. The Morgan fingerprint density at radius 3 is 2.82 bits per heavy atom. The van der Waals surface area contributed by atoms with Crippen LogP contribution in [-0.2, 0) is 6.42 Å². The van der Waals surface area contributed by atoms with Gasteiger partial charge in [-0.1, -0.05) is 25.1 Å². The summed E-state index contributed by atoms with van der Waals surface area (Å²) in [5, 5.41) is 3.52. The Balaban J connectivity index is 1.77. The molecule has 0 radical (unpaired) electrons. The molecule has 0 bridgehead atoms. The molecule has 1 aliphatic rings. The highest BCUT2D eigenvalue weighted by Crippen LogP contribution is 2.21. The molecule has 0 aromatic heterocycles. The van der Waals surface area contributed by atoms with Gasteiger partial charge in [0.15, 0.2) is 0 Å². The third-order valence-corrected chi connectivity index (χ3v) is 3.24. The van der Waals surface area contributed by atoms with Gasteiger partial charge in [0, 0.05) is 6.04 Å².